The summed E-state index contributed by atoms with van der Waals surface area (Å²) in [6, 6.07) is 21.7. The Hall–Kier alpha value is -3.16. The van der Waals surface area contributed by atoms with Crippen molar-refractivity contribution in [1.29, 1.82) is 0 Å². The molecule has 0 radical (unpaired) electrons. The van der Waals surface area contributed by atoms with E-state index in [1.54, 1.807) is 23.9 Å². The lowest BCUT2D eigenvalue weighted by atomic mass is 9.90. The molecular weight excluding hydrogens is 452 g/mol. The zero-order valence-corrected chi connectivity index (χ0v) is 21.0. The molecule has 3 aromatic rings. The van der Waals surface area contributed by atoms with Crippen LogP contribution in [0.25, 0.3) is 0 Å². The normalized spacial score (nSPS) is 14.5. The number of nitrogens with zero attached hydrogens (tertiary/aromatic N) is 4. The van der Waals surface area contributed by atoms with E-state index in [1.807, 2.05) is 0 Å². The van der Waals surface area contributed by atoms with Gasteiger partial charge in [-0.25, -0.2) is 0 Å². The van der Waals surface area contributed by atoms with Crippen molar-refractivity contribution in [3.8, 4) is 0 Å². The fraction of sp³-hybridized carbons (Fsp3) is 0.321. The van der Waals surface area contributed by atoms with E-state index >= 15 is 0 Å². The van der Waals surface area contributed by atoms with E-state index in [1.165, 1.54) is 11.1 Å². The summed E-state index contributed by atoms with van der Waals surface area (Å²) >= 11 is 1.75. The summed E-state index contributed by atoms with van der Waals surface area (Å²) in [6.45, 7) is 11.9. The summed E-state index contributed by atoms with van der Waals surface area (Å²) in [5.74, 6) is 1.52. The average molecular weight is 487 g/mol. The van der Waals surface area contributed by atoms with Gasteiger partial charge in [0.05, 0.1) is 0 Å². The average Bonchev–Trinajstić information content (AvgIpc) is 2.91. The number of hydrogen-bond donors (Lipinski definition) is 2. The van der Waals surface area contributed by atoms with Crippen molar-refractivity contribution in [2.75, 3.05) is 43.4 Å². The van der Waals surface area contributed by atoms with Crippen molar-refractivity contribution in [3.63, 3.8) is 0 Å². The maximum Gasteiger partial charge on any atom is 0.228 e. The van der Waals surface area contributed by atoms with Gasteiger partial charge in [0.2, 0.25) is 11.9 Å². The van der Waals surface area contributed by atoms with Gasteiger partial charge in [-0.3, -0.25) is 0 Å². The fourth-order valence-corrected chi connectivity index (χ4v) is 5.31. The number of thioether (sulfide) groups is 1. The van der Waals surface area contributed by atoms with Crippen LogP contribution in [0.3, 0.4) is 0 Å². The lowest BCUT2D eigenvalue weighted by molar-refractivity contribution is 0.226. The second-order valence-electron chi connectivity index (χ2n) is 8.60. The smallest absolute Gasteiger partial charge is 0.228 e. The van der Waals surface area contributed by atoms with Gasteiger partial charge in [0.1, 0.15) is 0 Å². The zero-order valence-electron chi connectivity index (χ0n) is 20.1. The third-order valence-electron chi connectivity index (χ3n) is 6.08. The van der Waals surface area contributed by atoms with Crippen LogP contribution in [-0.4, -0.2) is 57.8 Å². The number of piperidine rings is 1. The lowest BCUT2D eigenvalue weighted by Gasteiger charge is -2.34. The SMILES string of the molecule is C=CCNc1nc(NCC=C)nc(SC2CCN(CC(c3ccccc3)c3ccccc3)CC2)n1. The largest absolute Gasteiger partial charge is 0.351 e. The van der Waals surface area contributed by atoms with E-state index in [4.69, 9.17) is 0 Å². The molecule has 1 fully saturated rings. The molecule has 1 saturated heterocycles. The van der Waals surface area contributed by atoms with Gasteiger partial charge in [0.25, 0.3) is 0 Å². The van der Waals surface area contributed by atoms with Gasteiger partial charge in [-0.1, -0.05) is 84.6 Å². The molecule has 2 N–H and O–H groups in total. The van der Waals surface area contributed by atoms with E-state index in [9.17, 15) is 0 Å². The Labute approximate surface area is 213 Å². The highest BCUT2D eigenvalue weighted by Gasteiger charge is 2.25. The summed E-state index contributed by atoms with van der Waals surface area (Å²) in [7, 11) is 0. The predicted octanol–water partition coefficient (Wildman–Crippen LogP) is 5.46. The second kappa shape index (κ2) is 13.1. The van der Waals surface area contributed by atoms with Gasteiger partial charge in [-0.2, -0.15) is 15.0 Å². The molecule has 182 valence electrons. The van der Waals surface area contributed by atoms with Crippen LogP contribution in [0, 0.1) is 0 Å². The molecule has 7 heteroatoms. The Morgan fingerprint density at radius 1 is 0.829 bits per heavy atom. The zero-order chi connectivity index (χ0) is 24.3. The summed E-state index contributed by atoms with van der Waals surface area (Å²) < 4.78 is 0. The molecule has 0 saturated carbocycles. The Morgan fingerprint density at radius 3 is 1.83 bits per heavy atom. The van der Waals surface area contributed by atoms with E-state index in [2.05, 4.69) is 104 Å². The molecule has 0 spiro atoms. The maximum absolute atomic E-state index is 4.62. The van der Waals surface area contributed by atoms with E-state index in [-0.39, 0.29) is 0 Å². The monoisotopic (exact) mass is 486 g/mol. The van der Waals surface area contributed by atoms with Crippen molar-refractivity contribution >= 4 is 23.7 Å². The maximum atomic E-state index is 4.62. The number of likely N-dealkylation sites (tertiary alicyclic amines) is 1. The van der Waals surface area contributed by atoms with Crippen LogP contribution in [0.15, 0.2) is 91.1 Å². The molecule has 6 nitrogen and oxygen atoms in total. The highest BCUT2D eigenvalue weighted by Crippen LogP contribution is 2.31. The Balaban J connectivity index is 1.38. The topological polar surface area (TPSA) is 66.0 Å². The summed E-state index contributed by atoms with van der Waals surface area (Å²) in [4.78, 5) is 16.3. The Bertz CT molecular complexity index is 998. The molecule has 1 aliphatic rings. The molecule has 4 rings (SSSR count). The minimum absolute atomic E-state index is 0.377. The van der Waals surface area contributed by atoms with Crippen LogP contribution in [0.4, 0.5) is 11.9 Å². The molecule has 0 aliphatic carbocycles. The van der Waals surface area contributed by atoms with Gasteiger partial charge >= 0.3 is 0 Å². The molecule has 0 amide bonds. The minimum atomic E-state index is 0.377. The molecular formula is C28H34N6S. The lowest BCUT2D eigenvalue weighted by Crippen LogP contribution is -2.37. The molecule has 1 aromatic heterocycles. The third kappa shape index (κ3) is 7.41. The van der Waals surface area contributed by atoms with Gasteiger partial charge in [-0.15, -0.1) is 13.2 Å². The number of rotatable bonds is 12. The van der Waals surface area contributed by atoms with Crippen LogP contribution in [0.1, 0.15) is 29.9 Å². The first kappa shape index (κ1) is 24.9. The number of anilines is 2. The first-order valence-electron chi connectivity index (χ1n) is 12.2. The Kier molecular flexibility index (Phi) is 9.32. The van der Waals surface area contributed by atoms with Gasteiger partial charge < -0.3 is 15.5 Å². The van der Waals surface area contributed by atoms with Crippen LogP contribution < -0.4 is 10.6 Å². The molecule has 2 heterocycles. The molecule has 0 atom stereocenters. The number of aromatic nitrogens is 3. The quantitative estimate of drug-likeness (QED) is 0.330. The van der Waals surface area contributed by atoms with E-state index < -0.39 is 0 Å². The third-order valence-corrected chi connectivity index (χ3v) is 7.27. The first-order chi connectivity index (χ1) is 17.2. The molecule has 2 aromatic carbocycles. The summed E-state index contributed by atoms with van der Waals surface area (Å²) in [6.07, 6.45) is 5.80. The van der Waals surface area contributed by atoms with Gasteiger partial charge in [0, 0.05) is 30.8 Å². The standard InChI is InChI=1S/C28H34N6S/c1-3-17-29-26-31-27(30-18-4-2)33-28(32-26)35-24-15-19-34(20-16-24)21-25(22-11-7-5-8-12-22)23-13-9-6-10-14-23/h3-14,24-25H,1-2,15-21H2,(H2,29,30,31,32,33). The number of hydrogen-bond acceptors (Lipinski definition) is 7. The summed E-state index contributed by atoms with van der Waals surface area (Å²) in [5, 5.41) is 7.60. The van der Waals surface area contributed by atoms with Crippen molar-refractivity contribution in [2.45, 2.75) is 29.2 Å². The van der Waals surface area contributed by atoms with Gasteiger partial charge in [0.15, 0.2) is 5.16 Å². The van der Waals surface area contributed by atoms with Crippen LogP contribution >= 0.6 is 11.8 Å². The molecule has 0 bridgehead atoms. The number of benzene rings is 2. The summed E-state index contributed by atoms with van der Waals surface area (Å²) in [5.41, 5.74) is 2.75. The van der Waals surface area contributed by atoms with Crippen LogP contribution in [0.2, 0.25) is 0 Å². The minimum Gasteiger partial charge on any atom is -0.351 e. The number of nitrogens with one attached hydrogen (secondary N) is 2. The van der Waals surface area contributed by atoms with Gasteiger partial charge in [-0.05, 0) is 37.1 Å². The highest BCUT2D eigenvalue weighted by atomic mass is 32.2. The molecule has 0 unspecified atom stereocenters. The van der Waals surface area contributed by atoms with Crippen LogP contribution in [0.5, 0.6) is 0 Å². The first-order valence-corrected chi connectivity index (χ1v) is 13.1. The predicted molar refractivity (Wildman–Crippen MR) is 147 cm³/mol. The van der Waals surface area contributed by atoms with Crippen molar-refractivity contribution in [3.05, 3.63) is 97.1 Å². The van der Waals surface area contributed by atoms with Crippen molar-refractivity contribution < 1.29 is 0 Å². The second-order valence-corrected chi connectivity index (χ2v) is 9.86. The highest BCUT2D eigenvalue weighted by molar-refractivity contribution is 7.99. The van der Waals surface area contributed by atoms with Crippen molar-refractivity contribution in [2.24, 2.45) is 0 Å². The van der Waals surface area contributed by atoms with E-state index in [0.29, 0.717) is 36.2 Å². The molecule has 1 aliphatic heterocycles. The Morgan fingerprint density at radius 2 is 1.34 bits per heavy atom. The molecule has 35 heavy (non-hydrogen) atoms. The van der Waals surface area contributed by atoms with Crippen molar-refractivity contribution in [1.82, 2.24) is 19.9 Å². The van der Waals surface area contributed by atoms with Crippen LogP contribution in [-0.2, 0) is 0 Å². The van der Waals surface area contributed by atoms with E-state index in [0.717, 1.165) is 37.6 Å². The fourth-order valence-electron chi connectivity index (χ4n) is 4.29.